The molecule has 2 N–H and O–H groups in total. The molecule has 0 aliphatic rings. The molecule has 126 valence electrons. The van der Waals surface area contributed by atoms with Gasteiger partial charge in [-0.2, -0.15) is 8.42 Å². The van der Waals surface area contributed by atoms with Crippen LogP contribution in [0.25, 0.3) is 0 Å². The molecule has 0 aromatic heterocycles. The lowest BCUT2D eigenvalue weighted by Crippen LogP contribution is -2.31. The predicted molar refractivity (Wildman–Crippen MR) is 80.3 cm³/mol. The van der Waals surface area contributed by atoms with Gasteiger partial charge in [-0.15, -0.1) is 0 Å². The summed E-state index contributed by atoms with van der Waals surface area (Å²) in [6, 6.07) is 0. The third-order valence-electron chi connectivity index (χ3n) is 3.30. The van der Waals surface area contributed by atoms with E-state index in [1.807, 2.05) is 0 Å². The lowest BCUT2D eigenvalue weighted by molar-refractivity contribution is -0.117. The van der Waals surface area contributed by atoms with Gasteiger partial charge in [0.1, 0.15) is 11.9 Å². The standard InChI is InChI=1S/C14H28O6S/c1-3-4-5-6-7-11-14(20-21(17,18)19)13(16)10-8-9-12(2)15/h13-14,16H,3-11H2,1-2H3,(H,17,18,19). The fraction of sp³-hybridized carbons (Fsp3) is 0.929. The molecule has 0 aliphatic carbocycles. The Hall–Kier alpha value is -0.500. The van der Waals surface area contributed by atoms with Crippen LogP contribution in [0.4, 0.5) is 0 Å². The Labute approximate surface area is 127 Å². The number of hydrogen-bond donors (Lipinski definition) is 2. The maximum Gasteiger partial charge on any atom is 0.397 e. The van der Waals surface area contributed by atoms with E-state index in [0.29, 0.717) is 19.3 Å². The van der Waals surface area contributed by atoms with Crippen LogP contribution in [0.15, 0.2) is 0 Å². The molecule has 0 amide bonds. The molecule has 0 radical (unpaired) electrons. The average molecular weight is 324 g/mol. The molecule has 0 spiro atoms. The van der Waals surface area contributed by atoms with Crippen molar-refractivity contribution in [3.63, 3.8) is 0 Å². The molecule has 0 fully saturated rings. The number of rotatable bonds is 13. The van der Waals surface area contributed by atoms with E-state index in [4.69, 9.17) is 4.55 Å². The van der Waals surface area contributed by atoms with Gasteiger partial charge in [0.25, 0.3) is 0 Å². The molecule has 0 rings (SSSR count). The fourth-order valence-corrected chi connectivity index (χ4v) is 2.69. The Kier molecular flexibility index (Phi) is 10.9. The Morgan fingerprint density at radius 3 is 2.24 bits per heavy atom. The van der Waals surface area contributed by atoms with E-state index in [-0.39, 0.29) is 12.2 Å². The SMILES string of the molecule is CCCCCCCC(OS(=O)(=O)O)C(O)CCCC(C)=O. The fourth-order valence-electron chi connectivity index (χ4n) is 2.16. The predicted octanol–water partition coefficient (Wildman–Crippen LogP) is 2.66. The highest BCUT2D eigenvalue weighted by atomic mass is 32.3. The second-order valence-corrected chi connectivity index (χ2v) is 6.47. The molecule has 7 heteroatoms. The minimum Gasteiger partial charge on any atom is -0.390 e. The molecule has 0 saturated carbocycles. The molecular weight excluding hydrogens is 296 g/mol. The number of ketones is 1. The minimum absolute atomic E-state index is 0.0222. The van der Waals surface area contributed by atoms with Crippen molar-refractivity contribution in [2.24, 2.45) is 0 Å². The molecule has 6 nitrogen and oxygen atoms in total. The van der Waals surface area contributed by atoms with Gasteiger partial charge in [-0.25, -0.2) is 4.18 Å². The van der Waals surface area contributed by atoms with E-state index < -0.39 is 22.6 Å². The molecule has 0 aliphatic heterocycles. The highest BCUT2D eigenvalue weighted by Gasteiger charge is 2.24. The van der Waals surface area contributed by atoms with Gasteiger partial charge in [0.2, 0.25) is 0 Å². The van der Waals surface area contributed by atoms with E-state index in [1.54, 1.807) is 0 Å². The number of unbranched alkanes of at least 4 members (excludes halogenated alkanes) is 4. The van der Waals surface area contributed by atoms with Gasteiger partial charge in [0, 0.05) is 6.42 Å². The third kappa shape index (κ3) is 12.9. The molecule has 0 bridgehead atoms. The monoisotopic (exact) mass is 324 g/mol. The second kappa shape index (κ2) is 11.1. The van der Waals surface area contributed by atoms with Crippen LogP contribution in [-0.2, 0) is 19.4 Å². The highest BCUT2D eigenvalue weighted by Crippen LogP contribution is 2.17. The van der Waals surface area contributed by atoms with Crippen LogP contribution in [0, 0.1) is 0 Å². The molecular formula is C14H28O6S. The summed E-state index contributed by atoms with van der Waals surface area (Å²) < 4.78 is 35.0. The Bertz CT molecular complexity index is 379. The van der Waals surface area contributed by atoms with Crippen LogP contribution < -0.4 is 0 Å². The maximum atomic E-state index is 10.8. The summed E-state index contributed by atoms with van der Waals surface area (Å²) in [5.74, 6) is 0.0222. The Morgan fingerprint density at radius 2 is 1.71 bits per heavy atom. The Balaban J connectivity index is 4.26. The van der Waals surface area contributed by atoms with Gasteiger partial charge in [0.05, 0.1) is 6.10 Å². The summed E-state index contributed by atoms with van der Waals surface area (Å²) in [5.41, 5.74) is 0. The van der Waals surface area contributed by atoms with Crippen molar-refractivity contribution in [3.05, 3.63) is 0 Å². The molecule has 0 saturated heterocycles. The zero-order valence-electron chi connectivity index (χ0n) is 13.0. The van der Waals surface area contributed by atoms with Crippen molar-refractivity contribution in [3.8, 4) is 0 Å². The quantitative estimate of drug-likeness (QED) is 0.399. The normalized spacial score (nSPS) is 14.9. The minimum atomic E-state index is -4.58. The van der Waals surface area contributed by atoms with Gasteiger partial charge in [-0.3, -0.25) is 4.55 Å². The van der Waals surface area contributed by atoms with Crippen LogP contribution in [0.5, 0.6) is 0 Å². The molecule has 0 aromatic rings. The first kappa shape index (κ1) is 20.5. The van der Waals surface area contributed by atoms with Crippen molar-refractivity contribution in [1.82, 2.24) is 0 Å². The zero-order chi connectivity index (χ0) is 16.3. The van der Waals surface area contributed by atoms with Crippen molar-refractivity contribution in [2.45, 2.75) is 83.8 Å². The summed E-state index contributed by atoms with van der Waals surface area (Å²) >= 11 is 0. The summed E-state index contributed by atoms with van der Waals surface area (Å²) in [6.07, 6.45) is 4.43. The number of carbonyl (C=O) groups excluding carboxylic acids is 1. The van der Waals surface area contributed by atoms with E-state index in [0.717, 1.165) is 32.1 Å². The summed E-state index contributed by atoms with van der Waals surface area (Å²) in [4.78, 5) is 10.8. The van der Waals surface area contributed by atoms with Crippen LogP contribution >= 0.6 is 0 Å². The first-order chi connectivity index (χ1) is 9.76. The van der Waals surface area contributed by atoms with E-state index in [2.05, 4.69) is 11.1 Å². The average Bonchev–Trinajstić information content (AvgIpc) is 2.35. The van der Waals surface area contributed by atoms with E-state index in [9.17, 15) is 18.3 Å². The largest absolute Gasteiger partial charge is 0.397 e. The summed E-state index contributed by atoms with van der Waals surface area (Å²) in [6.45, 7) is 3.56. The van der Waals surface area contributed by atoms with Crippen LogP contribution in [0.2, 0.25) is 0 Å². The number of hydrogen-bond acceptors (Lipinski definition) is 5. The number of Topliss-reactive ketones (excluding diaryl/α,β-unsaturated/α-hetero) is 1. The lowest BCUT2D eigenvalue weighted by atomic mass is 10.0. The molecule has 21 heavy (non-hydrogen) atoms. The van der Waals surface area contributed by atoms with Crippen molar-refractivity contribution in [2.75, 3.05) is 0 Å². The molecule has 0 aromatic carbocycles. The smallest absolute Gasteiger partial charge is 0.390 e. The first-order valence-electron chi connectivity index (χ1n) is 7.59. The van der Waals surface area contributed by atoms with Crippen molar-refractivity contribution < 1.29 is 27.1 Å². The highest BCUT2D eigenvalue weighted by molar-refractivity contribution is 7.80. The van der Waals surface area contributed by atoms with Crippen LogP contribution in [-0.4, -0.2) is 36.1 Å². The third-order valence-corrected chi connectivity index (χ3v) is 3.79. The van der Waals surface area contributed by atoms with Gasteiger partial charge < -0.3 is 9.90 Å². The lowest BCUT2D eigenvalue weighted by Gasteiger charge is -2.21. The van der Waals surface area contributed by atoms with Crippen LogP contribution in [0.3, 0.4) is 0 Å². The van der Waals surface area contributed by atoms with Gasteiger partial charge >= 0.3 is 10.4 Å². The molecule has 2 unspecified atom stereocenters. The number of aliphatic hydroxyl groups is 1. The van der Waals surface area contributed by atoms with Crippen molar-refractivity contribution >= 4 is 16.2 Å². The summed E-state index contributed by atoms with van der Waals surface area (Å²) in [5, 5.41) is 9.98. The topological polar surface area (TPSA) is 101 Å². The van der Waals surface area contributed by atoms with Gasteiger partial charge in [-0.05, 0) is 26.2 Å². The van der Waals surface area contributed by atoms with E-state index >= 15 is 0 Å². The van der Waals surface area contributed by atoms with Gasteiger partial charge in [-0.1, -0.05) is 39.0 Å². The summed E-state index contributed by atoms with van der Waals surface area (Å²) in [7, 11) is -4.58. The van der Waals surface area contributed by atoms with Gasteiger partial charge in [0.15, 0.2) is 0 Å². The molecule has 2 atom stereocenters. The number of aliphatic hydroxyl groups excluding tert-OH is 1. The maximum absolute atomic E-state index is 10.8. The second-order valence-electron chi connectivity index (χ2n) is 5.43. The molecule has 0 heterocycles. The van der Waals surface area contributed by atoms with Crippen LogP contribution in [0.1, 0.15) is 71.6 Å². The first-order valence-corrected chi connectivity index (χ1v) is 8.96. The number of carbonyl (C=O) groups is 1. The Morgan fingerprint density at radius 1 is 1.10 bits per heavy atom. The van der Waals surface area contributed by atoms with Crippen molar-refractivity contribution in [1.29, 1.82) is 0 Å². The van der Waals surface area contributed by atoms with E-state index in [1.165, 1.54) is 6.92 Å². The zero-order valence-corrected chi connectivity index (χ0v) is 13.8.